The number of benzene rings is 4. The average Bonchev–Trinajstić information content (AvgIpc) is 3.25. The Balaban J connectivity index is 1.64. The molecular formula is C32H27NOS. The molecule has 0 spiro atoms. The molecule has 0 bridgehead atoms. The van der Waals surface area contributed by atoms with Gasteiger partial charge in [-0.25, -0.2) is 0 Å². The largest absolute Gasteiger partial charge is 0.294 e. The minimum atomic E-state index is -0.732. The number of hydrogen-bond acceptors (Lipinski definition) is 3. The first kappa shape index (κ1) is 23.1. The third kappa shape index (κ3) is 5.06. The highest BCUT2D eigenvalue weighted by atomic mass is 32.2. The molecule has 0 saturated heterocycles. The van der Waals surface area contributed by atoms with Crippen molar-refractivity contribution >= 4 is 29.3 Å². The predicted octanol–water partition coefficient (Wildman–Crippen LogP) is 8.01. The van der Waals surface area contributed by atoms with E-state index in [1.807, 2.05) is 67.6 Å². The fraction of sp³-hybridized carbons (Fsp3) is 0.125. The average molecular weight is 474 g/mol. The van der Waals surface area contributed by atoms with E-state index in [2.05, 4.69) is 61.5 Å². The van der Waals surface area contributed by atoms with Crippen LogP contribution in [-0.2, 0) is 4.87 Å². The lowest BCUT2D eigenvalue weighted by molar-refractivity contribution is 0.0970. The van der Waals surface area contributed by atoms with Gasteiger partial charge in [0.2, 0.25) is 0 Å². The van der Waals surface area contributed by atoms with Gasteiger partial charge in [-0.05, 0) is 31.1 Å². The van der Waals surface area contributed by atoms with Crippen molar-refractivity contribution in [3.8, 4) is 0 Å². The van der Waals surface area contributed by atoms with Crippen molar-refractivity contribution < 1.29 is 4.79 Å². The summed E-state index contributed by atoms with van der Waals surface area (Å²) in [4.78, 5) is 19.2. The molecule has 3 heteroatoms. The van der Waals surface area contributed by atoms with Crippen molar-refractivity contribution in [1.29, 1.82) is 0 Å². The Morgan fingerprint density at radius 2 is 1.34 bits per heavy atom. The molecular weight excluding hydrogens is 446 g/mol. The fourth-order valence-electron chi connectivity index (χ4n) is 4.26. The van der Waals surface area contributed by atoms with Crippen LogP contribution in [0.5, 0.6) is 0 Å². The highest BCUT2D eigenvalue weighted by Gasteiger charge is 2.42. The smallest absolute Gasteiger partial charge is 0.166 e. The van der Waals surface area contributed by atoms with E-state index in [0.717, 1.165) is 38.4 Å². The van der Waals surface area contributed by atoms with Crippen molar-refractivity contribution in [2.24, 2.45) is 4.99 Å². The molecule has 5 rings (SSSR count). The van der Waals surface area contributed by atoms with Crippen LogP contribution in [0.1, 0.15) is 44.6 Å². The van der Waals surface area contributed by atoms with Gasteiger partial charge in [-0.3, -0.25) is 9.79 Å². The summed E-state index contributed by atoms with van der Waals surface area (Å²) in [7, 11) is 0. The molecule has 35 heavy (non-hydrogen) atoms. The van der Waals surface area contributed by atoms with E-state index in [1.54, 1.807) is 11.8 Å². The molecule has 0 amide bonds. The molecule has 2 nitrogen and oxygen atoms in total. The summed E-state index contributed by atoms with van der Waals surface area (Å²) in [6, 6.07) is 36.8. The van der Waals surface area contributed by atoms with Gasteiger partial charge in [-0.1, -0.05) is 132 Å². The molecule has 4 aromatic rings. The van der Waals surface area contributed by atoms with Gasteiger partial charge in [0.15, 0.2) is 5.78 Å². The minimum absolute atomic E-state index is 0.0920. The first-order valence-corrected chi connectivity index (χ1v) is 12.6. The molecule has 0 saturated carbocycles. The number of nitrogens with zero attached hydrogens (tertiary/aromatic N) is 1. The summed E-state index contributed by atoms with van der Waals surface area (Å²) in [6.45, 7) is 4.12. The van der Waals surface area contributed by atoms with E-state index >= 15 is 0 Å². The standard InChI is InChI=1S/C32H27NOS/c1-23-13-17-26(18-14-23)29(34)22-32(28-11-7-4-8-12-28)33-31(27-19-15-24(2)16-20-27)30(35-32)21-25-9-5-3-6-10-25/h3-21H,22H2,1-2H3/b30-21-. The van der Waals surface area contributed by atoms with E-state index in [1.165, 1.54) is 5.56 Å². The van der Waals surface area contributed by atoms with Crippen LogP contribution in [0.15, 0.2) is 119 Å². The van der Waals surface area contributed by atoms with Gasteiger partial charge < -0.3 is 0 Å². The summed E-state index contributed by atoms with van der Waals surface area (Å²) in [6.07, 6.45) is 2.47. The number of Topliss-reactive ketones (excluding diaryl/α,β-unsaturated/α-hetero) is 1. The number of carbonyl (C=O) groups is 1. The molecule has 0 aromatic heterocycles. The molecule has 0 N–H and O–H groups in total. The first-order valence-electron chi connectivity index (χ1n) is 11.8. The number of rotatable bonds is 6. The van der Waals surface area contributed by atoms with Crippen molar-refractivity contribution in [2.45, 2.75) is 25.1 Å². The number of aryl methyl sites for hydroxylation is 2. The number of carbonyl (C=O) groups excluding carboxylic acids is 1. The highest BCUT2D eigenvalue weighted by molar-refractivity contribution is 8.05. The predicted molar refractivity (Wildman–Crippen MR) is 148 cm³/mol. The zero-order chi connectivity index (χ0) is 24.3. The number of hydrogen-bond donors (Lipinski definition) is 0. The second-order valence-electron chi connectivity index (χ2n) is 8.96. The summed E-state index contributed by atoms with van der Waals surface area (Å²) < 4.78 is 0. The first-order chi connectivity index (χ1) is 17.0. The van der Waals surface area contributed by atoms with Crippen LogP contribution in [0.2, 0.25) is 0 Å². The zero-order valence-electron chi connectivity index (χ0n) is 19.9. The maximum absolute atomic E-state index is 13.5. The Bertz CT molecular complexity index is 1390. The maximum atomic E-state index is 13.5. The SMILES string of the molecule is Cc1ccc(C(=O)CC2(c3ccccc3)N=C(c3ccc(C)cc3)/C(=C/c3ccccc3)S2)cc1. The lowest BCUT2D eigenvalue weighted by Crippen LogP contribution is -2.22. The second kappa shape index (κ2) is 9.89. The molecule has 0 radical (unpaired) electrons. The van der Waals surface area contributed by atoms with Crippen LogP contribution in [0, 0.1) is 13.8 Å². The quantitative estimate of drug-likeness (QED) is 0.265. The van der Waals surface area contributed by atoms with Crippen LogP contribution in [0.4, 0.5) is 0 Å². The second-order valence-corrected chi connectivity index (χ2v) is 10.3. The van der Waals surface area contributed by atoms with E-state index in [9.17, 15) is 4.79 Å². The Hall–Kier alpha value is -3.69. The van der Waals surface area contributed by atoms with E-state index in [4.69, 9.17) is 4.99 Å². The number of allylic oxidation sites excluding steroid dienone is 1. The summed E-state index contributed by atoms with van der Waals surface area (Å²) in [5, 5.41) is 0. The third-order valence-corrected chi connectivity index (χ3v) is 7.57. The van der Waals surface area contributed by atoms with Gasteiger partial charge in [-0.2, -0.15) is 0 Å². The Morgan fingerprint density at radius 1 is 0.771 bits per heavy atom. The maximum Gasteiger partial charge on any atom is 0.166 e. The Labute approximate surface area is 211 Å². The molecule has 0 aliphatic carbocycles. The Morgan fingerprint density at radius 3 is 1.97 bits per heavy atom. The molecule has 1 unspecified atom stereocenters. The van der Waals surface area contributed by atoms with Gasteiger partial charge in [0.05, 0.1) is 12.1 Å². The van der Waals surface area contributed by atoms with Crippen molar-refractivity contribution in [3.05, 3.63) is 147 Å². The summed E-state index contributed by atoms with van der Waals surface area (Å²) in [5.74, 6) is 0.0920. The molecule has 172 valence electrons. The molecule has 4 aromatic carbocycles. The van der Waals surface area contributed by atoms with Gasteiger partial charge in [0.25, 0.3) is 0 Å². The summed E-state index contributed by atoms with van der Waals surface area (Å²) in [5.41, 5.74) is 7.21. The number of ketones is 1. The molecule has 0 fully saturated rings. The van der Waals surface area contributed by atoms with E-state index in [-0.39, 0.29) is 12.2 Å². The monoisotopic (exact) mass is 473 g/mol. The van der Waals surface area contributed by atoms with Crippen molar-refractivity contribution in [3.63, 3.8) is 0 Å². The minimum Gasteiger partial charge on any atom is -0.294 e. The third-order valence-electron chi connectivity index (χ3n) is 6.23. The molecule has 1 atom stereocenters. The Kier molecular flexibility index (Phi) is 6.52. The lowest BCUT2D eigenvalue weighted by Gasteiger charge is -2.25. The number of aliphatic imine (C=N–C) groups is 1. The van der Waals surface area contributed by atoms with Gasteiger partial charge in [0.1, 0.15) is 4.87 Å². The van der Waals surface area contributed by atoms with Crippen LogP contribution in [0.3, 0.4) is 0 Å². The van der Waals surface area contributed by atoms with Gasteiger partial charge in [0, 0.05) is 16.0 Å². The lowest BCUT2D eigenvalue weighted by atomic mass is 9.96. The van der Waals surface area contributed by atoms with E-state index in [0.29, 0.717) is 0 Å². The van der Waals surface area contributed by atoms with Crippen LogP contribution in [-0.4, -0.2) is 11.5 Å². The highest BCUT2D eigenvalue weighted by Crippen LogP contribution is 2.52. The van der Waals surface area contributed by atoms with Crippen molar-refractivity contribution in [1.82, 2.24) is 0 Å². The molecule has 1 aliphatic rings. The van der Waals surface area contributed by atoms with Crippen LogP contribution in [0.25, 0.3) is 6.08 Å². The molecule has 1 heterocycles. The zero-order valence-corrected chi connectivity index (χ0v) is 20.8. The van der Waals surface area contributed by atoms with Gasteiger partial charge in [-0.15, -0.1) is 0 Å². The van der Waals surface area contributed by atoms with Crippen LogP contribution < -0.4 is 0 Å². The fourth-order valence-corrected chi connectivity index (χ4v) is 5.68. The topological polar surface area (TPSA) is 29.4 Å². The normalized spacial score (nSPS) is 18.5. The number of thioether (sulfide) groups is 1. The molecule has 1 aliphatic heterocycles. The van der Waals surface area contributed by atoms with Gasteiger partial charge >= 0.3 is 0 Å². The van der Waals surface area contributed by atoms with Crippen molar-refractivity contribution in [2.75, 3.05) is 0 Å². The summed E-state index contributed by atoms with van der Waals surface area (Å²) >= 11 is 1.68. The van der Waals surface area contributed by atoms with E-state index < -0.39 is 4.87 Å². The van der Waals surface area contributed by atoms with Crippen LogP contribution >= 0.6 is 11.8 Å².